The Bertz CT molecular complexity index is 312. The van der Waals surface area contributed by atoms with Gasteiger partial charge in [0.15, 0.2) is 0 Å². The molecule has 0 N–H and O–H groups in total. The van der Waals surface area contributed by atoms with Crippen LogP contribution in [0.2, 0.25) is 0 Å². The molecule has 0 aromatic heterocycles. The summed E-state index contributed by atoms with van der Waals surface area (Å²) >= 11 is 5.41. The van der Waals surface area contributed by atoms with Gasteiger partial charge in [0, 0.05) is 16.0 Å². The number of benzene rings is 1. The molecule has 0 radical (unpaired) electrons. The molecule has 15 heavy (non-hydrogen) atoms. The summed E-state index contributed by atoms with van der Waals surface area (Å²) in [5, 5.41) is 1.02. The monoisotopic (exact) mass is 288 g/mol. The summed E-state index contributed by atoms with van der Waals surface area (Å²) in [6.45, 7) is 4.52. The third kappa shape index (κ3) is 4.47. The van der Waals surface area contributed by atoms with Gasteiger partial charge in [0.2, 0.25) is 0 Å². The molecule has 0 aliphatic rings. The first-order valence-electron chi connectivity index (χ1n) is 4.90. The third-order valence-electron chi connectivity index (χ3n) is 2.03. The quantitative estimate of drug-likeness (QED) is 0.593. The molecule has 0 saturated heterocycles. The van der Waals surface area contributed by atoms with E-state index in [1.54, 1.807) is 7.11 Å². The summed E-state index contributed by atoms with van der Waals surface area (Å²) in [6, 6.07) is 8.20. The summed E-state index contributed by atoms with van der Waals surface area (Å²) in [4.78, 5) is 1.27. The molecule has 0 heterocycles. The van der Waals surface area contributed by atoms with Gasteiger partial charge in [0.25, 0.3) is 0 Å². The highest BCUT2D eigenvalue weighted by molar-refractivity contribution is 9.09. The second kappa shape index (κ2) is 5.80. The van der Waals surface area contributed by atoms with Gasteiger partial charge in [-0.3, -0.25) is 0 Å². The van der Waals surface area contributed by atoms with Gasteiger partial charge in [-0.2, -0.15) is 0 Å². The molecule has 0 saturated carbocycles. The van der Waals surface area contributed by atoms with Crippen molar-refractivity contribution in [3.05, 3.63) is 24.3 Å². The summed E-state index contributed by atoms with van der Waals surface area (Å²) < 4.78 is 5.19. The van der Waals surface area contributed by atoms with Gasteiger partial charge in [-0.25, -0.2) is 0 Å². The van der Waals surface area contributed by atoms with E-state index in [-0.39, 0.29) is 0 Å². The Kier molecular flexibility index (Phi) is 5.00. The van der Waals surface area contributed by atoms with Gasteiger partial charge in [-0.1, -0.05) is 35.8 Å². The van der Waals surface area contributed by atoms with E-state index in [2.05, 4.69) is 41.9 Å². The fourth-order valence-electron chi connectivity index (χ4n) is 1.01. The molecule has 0 aliphatic heterocycles. The van der Waals surface area contributed by atoms with E-state index < -0.39 is 0 Å². The third-order valence-corrected chi connectivity index (χ3v) is 5.06. The maximum absolute atomic E-state index is 5.19. The van der Waals surface area contributed by atoms with Crippen LogP contribution in [0.4, 0.5) is 0 Å². The molecule has 0 amide bonds. The van der Waals surface area contributed by atoms with Crippen LogP contribution < -0.4 is 4.74 Å². The lowest BCUT2D eigenvalue weighted by molar-refractivity contribution is 0.413. The maximum Gasteiger partial charge on any atom is 0.119 e. The Balaban J connectivity index is 2.57. The van der Waals surface area contributed by atoms with Crippen LogP contribution in [0.3, 0.4) is 0 Å². The van der Waals surface area contributed by atoms with Crippen molar-refractivity contribution in [3.63, 3.8) is 0 Å². The van der Waals surface area contributed by atoms with E-state index in [0.29, 0.717) is 5.41 Å². The number of alkyl halides is 1. The van der Waals surface area contributed by atoms with E-state index >= 15 is 0 Å². The minimum absolute atomic E-state index is 0.327. The fraction of sp³-hybridized carbons (Fsp3) is 0.500. The fourth-order valence-corrected chi connectivity index (χ4v) is 2.50. The Labute approximate surface area is 105 Å². The number of methoxy groups -OCH3 is 1. The second-order valence-corrected chi connectivity index (χ2v) is 5.87. The molecule has 3 heteroatoms. The summed E-state index contributed by atoms with van der Waals surface area (Å²) in [5.74, 6) is 2.03. The van der Waals surface area contributed by atoms with Crippen molar-refractivity contribution in [2.75, 3.05) is 18.2 Å². The lowest BCUT2D eigenvalue weighted by atomic mass is 10.0. The zero-order valence-electron chi connectivity index (χ0n) is 9.42. The first kappa shape index (κ1) is 12.9. The minimum Gasteiger partial charge on any atom is -0.497 e. The Morgan fingerprint density at radius 1 is 1.40 bits per heavy atom. The number of rotatable bonds is 5. The molecule has 1 rings (SSSR count). The molecule has 0 spiro atoms. The molecule has 84 valence electrons. The predicted octanol–water partition coefficient (Wildman–Crippen LogP) is 4.21. The van der Waals surface area contributed by atoms with Crippen molar-refractivity contribution in [2.24, 2.45) is 5.41 Å². The number of hydrogen-bond donors (Lipinski definition) is 0. The standard InChI is InChI=1S/C12H17BrOS/c1-12(2,8-13)9-15-11-6-4-5-10(7-11)14-3/h4-7H,8-9H2,1-3H3. The van der Waals surface area contributed by atoms with Crippen molar-refractivity contribution < 1.29 is 4.74 Å². The smallest absolute Gasteiger partial charge is 0.119 e. The number of hydrogen-bond acceptors (Lipinski definition) is 2. The van der Waals surface area contributed by atoms with Crippen LogP contribution in [-0.4, -0.2) is 18.2 Å². The number of thioether (sulfide) groups is 1. The van der Waals surface area contributed by atoms with Crippen molar-refractivity contribution in [1.82, 2.24) is 0 Å². The van der Waals surface area contributed by atoms with E-state index in [4.69, 9.17) is 4.74 Å². The van der Waals surface area contributed by atoms with E-state index in [0.717, 1.165) is 16.8 Å². The van der Waals surface area contributed by atoms with Crippen molar-refractivity contribution in [2.45, 2.75) is 18.7 Å². The largest absolute Gasteiger partial charge is 0.497 e. The van der Waals surface area contributed by atoms with Crippen molar-refractivity contribution in [3.8, 4) is 5.75 Å². The summed E-state index contributed by atoms with van der Waals surface area (Å²) in [5.41, 5.74) is 0.327. The zero-order valence-corrected chi connectivity index (χ0v) is 11.8. The minimum atomic E-state index is 0.327. The first-order chi connectivity index (χ1) is 7.07. The molecular weight excluding hydrogens is 272 g/mol. The van der Waals surface area contributed by atoms with Gasteiger partial charge in [-0.05, 0) is 23.6 Å². The first-order valence-corrected chi connectivity index (χ1v) is 7.01. The van der Waals surface area contributed by atoms with Crippen LogP contribution in [0, 0.1) is 5.41 Å². The van der Waals surface area contributed by atoms with Crippen LogP contribution in [-0.2, 0) is 0 Å². The van der Waals surface area contributed by atoms with E-state index in [1.165, 1.54) is 4.90 Å². The molecule has 0 fully saturated rings. The topological polar surface area (TPSA) is 9.23 Å². The summed E-state index contributed by atoms with van der Waals surface area (Å²) in [7, 11) is 1.70. The molecule has 0 bridgehead atoms. The van der Waals surface area contributed by atoms with E-state index in [9.17, 15) is 0 Å². The second-order valence-electron chi connectivity index (χ2n) is 4.27. The highest BCUT2D eigenvalue weighted by Gasteiger charge is 2.16. The molecule has 1 nitrogen and oxygen atoms in total. The highest BCUT2D eigenvalue weighted by Crippen LogP contribution is 2.30. The van der Waals surface area contributed by atoms with E-state index in [1.807, 2.05) is 23.9 Å². The van der Waals surface area contributed by atoms with Crippen molar-refractivity contribution in [1.29, 1.82) is 0 Å². The van der Waals surface area contributed by atoms with Gasteiger partial charge in [0.1, 0.15) is 5.75 Å². The van der Waals surface area contributed by atoms with Crippen molar-refractivity contribution >= 4 is 27.7 Å². The lowest BCUT2D eigenvalue weighted by Crippen LogP contribution is -2.15. The SMILES string of the molecule is COc1cccc(SCC(C)(C)CBr)c1. The van der Waals surface area contributed by atoms with Gasteiger partial charge in [-0.15, -0.1) is 11.8 Å². The lowest BCUT2D eigenvalue weighted by Gasteiger charge is -2.20. The average molecular weight is 289 g/mol. The number of halogens is 1. The normalized spacial score (nSPS) is 11.5. The number of ether oxygens (including phenoxy) is 1. The maximum atomic E-state index is 5.19. The highest BCUT2D eigenvalue weighted by atomic mass is 79.9. The van der Waals surface area contributed by atoms with Crippen LogP contribution in [0.25, 0.3) is 0 Å². The van der Waals surface area contributed by atoms with Gasteiger partial charge >= 0.3 is 0 Å². The van der Waals surface area contributed by atoms with Crippen LogP contribution in [0.15, 0.2) is 29.2 Å². The molecular formula is C12H17BrOS. The van der Waals surface area contributed by atoms with Crippen LogP contribution in [0.1, 0.15) is 13.8 Å². The van der Waals surface area contributed by atoms with Gasteiger partial charge < -0.3 is 4.74 Å². The Morgan fingerprint density at radius 3 is 2.73 bits per heavy atom. The molecule has 1 aromatic carbocycles. The average Bonchev–Trinajstić information content (AvgIpc) is 2.27. The summed E-state index contributed by atoms with van der Waals surface area (Å²) in [6.07, 6.45) is 0. The Hall–Kier alpha value is -0.150. The van der Waals surface area contributed by atoms with Gasteiger partial charge in [0.05, 0.1) is 7.11 Å². The van der Waals surface area contributed by atoms with Crippen LogP contribution in [0.5, 0.6) is 5.75 Å². The molecule has 0 atom stereocenters. The predicted molar refractivity (Wildman–Crippen MR) is 71.3 cm³/mol. The molecule has 1 aromatic rings. The zero-order chi connectivity index (χ0) is 11.3. The van der Waals surface area contributed by atoms with Crippen LogP contribution >= 0.6 is 27.7 Å². The Morgan fingerprint density at radius 2 is 2.13 bits per heavy atom. The molecule has 0 aliphatic carbocycles. The molecule has 0 unspecified atom stereocenters.